The molecule has 6 heteroatoms. The highest BCUT2D eigenvalue weighted by molar-refractivity contribution is 5.94. The molecule has 1 amide bonds. The van der Waals surface area contributed by atoms with Gasteiger partial charge in [0.2, 0.25) is 0 Å². The van der Waals surface area contributed by atoms with Gasteiger partial charge in [0.15, 0.2) is 0 Å². The minimum absolute atomic E-state index is 0.00858. The van der Waals surface area contributed by atoms with Gasteiger partial charge in [0.1, 0.15) is 0 Å². The second kappa shape index (κ2) is 9.19. The zero-order valence-electron chi connectivity index (χ0n) is 16.6. The van der Waals surface area contributed by atoms with E-state index in [1.54, 1.807) is 12.1 Å². The molecule has 0 aliphatic carbocycles. The van der Waals surface area contributed by atoms with Gasteiger partial charge in [0.25, 0.3) is 5.91 Å². The molecule has 0 fully saturated rings. The number of hydrogen-bond donors (Lipinski definition) is 2. The summed E-state index contributed by atoms with van der Waals surface area (Å²) in [4.78, 5) is 23.7. The Kier molecular flexibility index (Phi) is 6.44. The van der Waals surface area contributed by atoms with E-state index in [-0.39, 0.29) is 18.4 Å². The monoisotopic (exact) mass is 391 g/mol. The summed E-state index contributed by atoms with van der Waals surface area (Å²) in [7, 11) is 0. The van der Waals surface area contributed by atoms with Crippen LogP contribution in [0.15, 0.2) is 60.7 Å². The van der Waals surface area contributed by atoms with Crippen LogP contribution in [0.25, 0.3) is 5.69 Å². The van der Waals surface area contributed by atoms with Crippen LogP contribution in [0.5, 0.6) is 0 Å². The minimum Gasteiger partial charge on any atom is -0.481 e. The first-order valence-corrected chi connectivity index (χ1v) is 9.62. The number of aromatic nitrogens is 2. The number of carbonyl (C=O) groups is 2. The van der Waals surface area contributed by atoms with E-state index in [0.29, 0.717) is 18.4 Å². The van der Waals surface area contributed by atoms with Crippen LogP contribution in [-0.4, -0.2) is 32.8 Å². The third-order valence-corrected chi connectivity index (χ3v) is 4.75. The molecule has 1 heterocycles. The Morgan fingerprint density at radius 1 is 1.07 bits per heavy atom. The van der Waals surface area contributed by atoms with Crippen molar-refractivity contribution in [2.75, 3.05) is 0 Å². The van der Waals surface area contributed by atoms with Crippen molar-refractivity contribution in [2.45, 2.75) is 39.2 Å². The molecular formula is C23H25N3O3. The second-order valence-electron chi connectivity index (χ2n) is 7.18. The maximum atomic E-state index is 12.7. The topological polar surface area (TPSA) is 84.2 Å². The number of hydrogen-bond acceptors (Lipinski definition) is 3. The lowest BCUT2D eigenvalue weighted by Gasteiger charge is -2.18. The molecule has 0 saturated heterocycles. The lowest BCUT2D eigenvalue weighted by Crippen LogP contribution is -2.36. The van der Waals surface area contributed by atoms with Crippen molar-refractivity contribution in [1.29, 1.82) is 0 Å². The Bertz CT molecular complexity index is 978. The fourth-order valence-corrected chi connectivity index (χ4v) is 3.33. The molecule has 0 saturated carbocycles. The number of carboxylic acids is 1. The quantitative estimate of drug-likeness (QED) is 0.613. The lowest BCUT2D eigenvalue weighted by molar-refractivity contribution is -0.137. The van der Waals surface area contributed by atoms with Gasteiger partial charge in [-0.2, -0.15) is 5.10 Å². The highest BCUT2D eigenvalue weighted by Crippen LogP contribution is 2.14. The van der Waals surface area contributed by atoms with E-state index in [2.05, 4.69) is 10.4 Å². The van der Waals surface area contributed by atoms with Gasteiger partial charge >= 0.3 is 5.97 Å². The SMILES string of the molecule is Cc1cc(C)n(-c2ccc(C(=O)NC(CCC(=O)O)Cc3ccccc3)cc2)n1. The molecule has 1 aromatic heterocycles. The number of carboxylic acid groups (broad SMARTS) is 1. The predicted octanol–water partition coefficient (Wildman–Crippen LogP) is 3.70. The molecule has 3 aromatic rings. The van der Waals surface area contributed by atoms with Crippen LogP contribution in [0.1, 0.15) is 40.2 Å². The minimum atomic E-state index is -0.869. The van der Waals surface area contributed by atoms with Gasteiger partial charge in [0, 0.05) is 23.7 Å². The zero-order valence-corrected chi connectivity index (χ0v) is 16.6. The molecule has 0 bridgehead atoms. The van der Waals surface area contributed by atoms with Crippen molar-refractivity contribution in [1.82, 2.24) is 15.1 Å². The molecule has 2 aromatic carbocycles. The maximum absolute atomic E-state index is 12.7. The highest BCUT2D eigenvalue weighted by atomic mass is 16.4. The molecule has 1 atom stereocenters. The van der Waals surface area contributed by atoms with E-state index in [1.807, 2.05) is 67.1 Å². The van der Waals surface area contributed by atoms with Crippen LogP contribution in [0.2, 0.25) is 0 Å². The molecule has 0 spiro atoms. The second-order valence-corrected chi connectivity index (χ2v) is 7.18. The van der Waals surface area contributed by atoms with Crippen LogP contribution in [0.3, 0.4) is 0 Å². The number of aryl methyl sites for hydroxylation is 2. The van der Waals surface area contributed by atoms with Gasteiger partial charge in [0.05, 0.1) is 11.4 Å². The van der Waals surface area contributed by atoms with E-state index in [0.717, 1.165) is 22.6 Å². The zero-order chi connectivity index (χ0) is 20.8. The van der Waals surface area contributed by atoms with Crippen molar-refractivity contribution in [2.24, 2.45) is 0 Å². The summed E-state index contributed by atoms with van der Waals surface area (Å²) in [6.07, 6.45) is 0.970. The number of nitrogens with zero attached hydrogens (tertiary/aromatic N) is 2. The molecular weight excluding hydrogens is 366 g/mol. The predicted molar refractivity (Wildman–Crippen MR) is 111 cm³/mol. The summed E-state index contributed by atoms with van der Waals surface area (Å²) in [6.45, 7) is 3.92. The van der Waals surface area contributed by atoms with Crippen molar-refractivity contribution in [3.8, 4) is 5.69 Å². The summed E-state index contributed by atoms with van der Waals surface area (Å²) in [5, 5.41) is 16.5. The Morgan fingerprint density at radius 3 is 2.34 bits per heavy atom. The third kappa shape index (κ3) is 5.54. The Hall–Kier alpha value is -3.41. The molecule has 0 radical (unpaired) electrons. The Balaban J connectivity index is 1.71. The summed E-state index contributed by atoms with van der Waals surface area (Å²) in [6, 6.07) is 18.7. The Morgan fingerprint density at radius 2 is 1.76 bits per heavy atom. The van der Waals surface area contributed by atoms with Gasteiger partial charge in [-0.15, -0.1) is 0 Å². The summed E-state index contributed by atoms with van der Waals surface area (Å²) in [5.41, 5.74) is 4.44. The highest BCUT2D eigenvalue weighted by Gasteiger charge is 2.16. The van der Waals surface area contributed by atoms with Gasteiger partial charge < -0.3 is 10.4 Å². The van der Waals surface area contributed by atoms with Crippen molar-refractivity contribution in [3.63, 3.8) is 0 Å². The van der Waals surface area contributed by atoms with Crippen LogP contribution in [0, 0.1) is 13.8 Å². The van der Waals surface area contributed by atoms with Crippen LogP contribution in [0.4, 0.5) is 0 Å². The van der Waals surface area contributed by atoms with E-state index in [1.165, 1.54) is 0 Å². The molecule has 6 nitrogen and oxygen atoms in total. The average molecular weight is 391 g/mol. The molecule has 0 aliphatic heterocycles. The number of rotatable bonds is 8. The molecule has 1 unspecified atom stereocenters. The first-order valence-electron chi connectivity index (χ1n) is 9.62. The number of aliphatic carboxylic acids is 1. The number of benzene rings is 2. The largest absolute Gasteiger partial charge is 0.481 e. The summed E-state index contributed by atoms with van der Waals surface area (Å²) in [5.74, 6) is -1.08. The number of nitrogens with one attached hydrogen (secondary N) is 1. The average Bonchev–Trinajstić information content (AvgIpc) is 3.05. The molecule has 29 heavy (non-hydrogen) atoms. The molecule has 3 rings (SSSR count). The fraction of sp³-hybridized carbons (Fsp3) is 0.261. The normalized spacial score (nSPS) is 11.8. The lowest BCUT2D eigenvalue weighted by atomic mass is 10.0. The fourth-order valence-electron chi connectivity index (χ4n) is 3.33. The van der Waals surface area contributed by atoms with Gasteiger partial charge in [-0.25, -0.2) is 4.68 Å². The maximum Gasteiger partial charge on any atom is 0.303 e. The van der Waals surface area contributed by atoms with Crippen LogP contribution < -0.4 is 5.32 Å². The summed E-state index contributed by atoms with van der Waals surface area (Å²) >= 11 is 0. The van der Waals surface area contributed by atoms with Crippen molar-refractivity contribution >= 4 is 11.9 Å². The first kappa shape index (κ1) is 20.3. The molecule has 150 valence electrons. The van der Waals surface area contributed by atoms with Gasteiger partial charge in [-0.05, 0) is 62.6 Å². The van der Waals surface area contributed by atoms with E-state index < -0.39 is 5.97 Å². The standard InChI is InChI=1S/C23H25N3O3/c1-16-14-17(2)26(25-16)21-11-8-19(9-12-21)23(29)24-20(10-13-22(27)28)15-18-6-4-3-5-7-18/h3-9,11-12,14,20H,10,13,15H2,1-2H3,(H,24,29)(H,27,28). The Labute approximate surface area is 170 Å². The van der Waals surface area contributed by atoms with Crippen molar-refractivity contribution < 1.29 is 14.7 Å². The van der Waals surface area contributed by atoms with Crippen LogP contribution >= 0.6 is 0 Å². The van der Waals surface area contributed by atoms with E-state index in [9.17, 15) is 9.59 Å². The van der Waals surface area contributed by atoms with E-state index >= 15 is 0 Å². The van der Waals surface area contributed by atoms with E-state index in [4.69, 9.17) is 5.11 Å². The van der Waals surface area contributed by atoms with Gasteiger partial charge in [-0.1, -0.05) is 30.3 Å². The molecule has 0 aliphatic rings. The van der Waals surface area contributed by atoms with Crippen molar-refractivity contribution in [3.05, 3.63) is 83.2 Å². The summed E-state index contributed by atoms with van der Waals surface area (Å²) < 4.78 is 1.84. The van der Waals surface area contributed by atoms with Crippen LogP contribution in [-0.2, 0) is 11.2 Å². The smallest absolute Gasteiger partial charge is 0.303 e. The number of carbonyl (C=O) groups excluding carboxylic acids is 1. The molecule has 2 N–H and O–H groups in total. The van der Waals surface area contributed by atoms with Gasteiger partial charge in [-0.3, -0.25) is 9.59 Å². The number of amides is 1. The third-order valence-electron chi connectivity index (χ3n) is 4.75. The first-order chi connectivity index (χ1) is 13.9.